The summed E-state index contributed by atoms with van der Waals surface area (Å²) in [4.78, 5) is 40.3. The smallest absolute Gasteiger partial charge is 0.255 e. The van der Waals surface area contributed by atoms with Gasteiger partial charge in [-0.2, -0.15) is 0 Å². The average Bonchev–Trinajstić information content (AvgIpc) is 3.08. The first-order valence-electron chi connectivity index (χ1n) is 12.5. The third-order valence-corrected chi connectivity index (χ3v) is 5.98. The quantitative estimate of drug-likeness (QED) is 0.674. The van der Waals surface area contributed by atoms with Crippen molar-refractivity contribution in [3.05, 3.63) is 64.7 Å². The lowest BCUT2D eigenvalue weighted by atomic mass is 10.0. The number of benzene rings is 2. The maximum atomic E-state index is 13.2. The van der Waals surface area contributed by atoms with Gasteiger partial charge >= 0.3 is 0 Å². The van der Waals surface area contributed by atoms with Crippen LogP contribution in [-0.2, 0) is 34.0 Å². The number of carbonyl (C=O) groups is 3. The molecular formula is C25H27N3O5. The predicted molar refractivity (Wildman–Crippen MR) is 119 cm³/mol. The van der Waals surface area contributed by atoms with Crippen LogP contribution in [0.25, 0.3) is 0 Å². The minimum Gasteiger partial charge on any atom is -0.489 e. The number of hydrogen-bond acceptors (Lipinski definition) is 6. The van der Waals surface area contributed by atoms with E-state index in [1.54, 1.807) is 12.1 Å². The second kappa shape index (κ2) is 9.33. The largest absolute Gasteiger partial charge is 0.489 e. The highest BCUT2D eigenvalue weighted by Gasteiger charge is 2.40. The highest BCUT2D eigenvalue weighted by Crippen LogP contribution is 2.34. The van der Waals surface area contributed by atoms with Gasteiger partial charge in [0.15, 0.2) is 0 Å². The van der Waals surface area contributed by atoms with Gasteiger partial charge in [-0.15, -0.1) is 0 Å². The Kier molecular flexibility index (Phi) is 5.15. The minimum atomic E-state index is -2.48. The fraction of sp³-hybridized carbons (Fsp3) is 0.400. The predicted octanol–water partition coefficient (Wildman–Crippen LogP) is 1.86. The summed E-state index contributed by atoms with van der Waals surface area (Å²) in [6, 6.07) is 10.3. The van der Waals surface area contributed by atoms with Crippen LogP contribution in [0.1, 0.15) is 44.0 Å². The van der Waals surface area contributed by atoms with Crippen LogP contribution in [-0.4, -0.2) is 59.8 Å². The summed E-state index contributed by atoms with van der Waals surface area (Å²) >= 11 is 0. The van der Waals surface area contributed by atoms with Crippen LogP contribution in [0.15, 0.2) is 42.5 Å². The molecule has 0 saturated carbocycles. The van der Waals surface area contributed by atoms with Gasteiger partial charge in [0.2, 0.25) is 11.8 Å². The van der Waals surface area contributed by atoms with E-state index >= 15 is 0 Å². The number of nitrogens with one attached hydrogen (secondary N) is 1. The van der Waals surface area contributed by atoms with E-state index in [-0.39, 0.29) is 36.3 Å². The van der Waals surface area contributed by atoms with Crippen LogP contribution in [0.4, 0.5) is 0 Å². The molecule has 1 unspecified atom stereocenters. The van der Waals surface area contributed by atoms with E-state index in [2.05, 4.69) is 10.2 Å². The molecule has 2 saturated heterocycles. The van der Waals surface area contributed by atoms with Crippen LogP contribution >= 0.6 is 0 Å². The third-order valence-electron chi connectivity index (χ3n) is 5.98. The zero-order valence-electron chi connectivity index (χ0n) is 21.1. The minimum absolute atomic E-state index is 0.0183. The Bertz CT molecular complexity index is 1200. The second-order valence-corrected chi connectivity index (χ2v) is 8.25. The number of amides is 3. The molecule has 2 aromatic rings. The SMILES string of the molecule is [2H]C1(N2C(=O)c3cccc(OCc4ccc(CN5CCOCC5)cc4)c3C2([2H])[2H])CCC(=O)NC1=O. The van der Waals surface area contributed by atoms with Gasteiger partial charge in [0, 0.05) is 37.2 Å². The van der Waals surface area contributed by atoms with Crippen LogP contribution in [0.5, 0.6) is 5.75 Å². The molecule has 0 bridgehead atoms. The number of rotatable bonds is 6. The Morgan fingerprint density at radius 1 is 1.09 bits per heavy atom. The fourth-order valence-corrected chi connectivity index (χ4v) is 4.16. The van der Waals surface area contributed by atoms with Crippen molar-refractivity contribution in [1.82, 2.24) is 15.1 Å². The van der Waals surface area contributed by atoms with Crippen molar-refractivity contribution in [2.45, 2.75) is 38.5 Å². The molecule has 3 amide bonds. The van der Waals surface area contributed by atoms with Gasteiger partial charge in [0.1, 0.15) is 18.4 Å². The molecule has 1 atom stereocenters. The Labute approximate surface area is 196 Å². The Morgan fingerprint density at radius 2 is 1.85 bits per heavy atom. The van der Waals surface area contributed by atoms with E-state index in [0.29, 0.717) is 4.90 Å². The number of carbonyl (C=O) groups excluding carboxylic acids is 3. The third kappa shape index (κ3) is 4.62. The molecule has 0 radical (unpaired) electrons. The topological polar surface area (TPSA) is 88.2 Å². The van der Waals surface area contributed by atoms with Gasteiger partial charge in [-0.3, -0.25) is 24.6 Å². The Balaban J connectivity index is 1.33. The van der Waals surface area contributed by atoms with Gasteiger partial charge in [-0.25, -0.2) is 0 Å². The van der Waals surface area contributed by atoms with Crippen LogP contribution in [0.3, 0.4) is 0 Å². The second-order valence-electron chi connectivity index (χ2n) is 8.25. The van der Waals surface area contributed by atoms with E-state index in [9.17, 15) is 14.4 Å². The summed E-state index contributed by atoms with van der Waals surface area (Å²) < 4.78 is 37.4. The van der Waals surface area contributed by atoms with Crippen molar-refractivity contribution < 1.29 is 28.0 Å². The van der Waals surface area contributed by atoms with E-state index in [1.807, 2.05) is 24.3 Å². The van der Waals surface area contributed by atoms with E-state index < -0.39 is 30.2 Å². The molecule has 0 spiro atoms. The highest BCUT2D eigenvalue weighted by atomic mass is 16.5. The molecule has 3 aliphatic heterocycles. The average molecular weight is 453 g/mol. The fourth-order valence-electron chi connectivity index (χ4n) is 4.16. The molecule has 5 rings (SSSR count). The molecule has 8 nitrogen and oxygen atoms in total. The summed E-state index contributed by atoms with van der Waals surface area (Å²) in [5, 5.41) is 2.06. The van der Waals surface area contributed by atoms with Crippen molar-refractivity contribution in [3.8, 4) is 5.75 Å². The Hall–Kier alpha value is -3.23. The molecule has 3 heterocycles. The number of imide groups is 1. The molecule has 3 aliphatic rings. The number of hydrogen-bond donors (Lipinski definition) is 1. The van der Waals surface area contributed by atoms with Crippen LogP contribution in [0, 0.1) is 0 Å². The molecule has 0 aliphatic carbocycles. The molecule has 172 valence electrons. The van der Waals surface area contributed by atoms with Gasteiger partial charge in [0.05, 0.1) is 23.8 Å². The number of piperidine rings is 1. The number of ether oxygens (including phenoxy) is 2. The molecule has 2 aromatic carbocycles. The lowest BCUT2D eigenvalue weighted by molar-refractivity contribution is -0.136. The van der Waals surface area contributed by atoms with Crippen molar-refractivity contribution in [3.63, 3.8) is 0 Å². The van der Waals surface area contributed by atoms with Crippen LogP contribution in [0.2, 0.25) is 0 Å². The molecule has 1 N–H and O–H groups in total. The first-order valence-corrected chi connectivity index (χ1v) is 11.0. The zero-order chi connectivity index (χ0) is 25.5. The molecular weight excluding hydrogens is 422 g/mol. The lowest BCUT2D eigenvalue weighted by Crippen LogP contribution is -2.52. The van der Waals surface area contributed by atoms with Gasteiger partial charge < -0.3 is 14.4 Å². The van der Waals surface area contributed by atoms with Crippen molar-refractivity contribution in [1.29, 1.82) is 0 Å². The summed E-state index contributed by atoms with van der Waals surface area (Å²) in [6.45, 7) is 1.79. The van der Waals surface area contributed by atoms with Gasteiger partial charge in [-0.1, -0.05) is 30.3 Å². The van der Waals surface area contributed by atoms with Crippen LogP contribution < -0.4 is 10.1 Å². The van der Waals surface area contributed by atoms with E-state index in [0.717, 1.165) is 38.4 Å². The van der Waals surface area contributed by atoms with Gasteiger partial charge in [0.25, 0.3) is 5.91 Å². The first kappa shape index (κ1) is 18.2. The van der Waals surface area contributed by atoms with E-state index in [1.165, 1.54) is 11.6 Å². The molecule has 2 fully saturated rings. The highest BCUT2D eigenvalue weighted by molar-refractivity contribution is 6.05. The van der Waals surface area contributed by atoms with Crippen molar-refractivity contribution in [2.75, 3.05) is 26.3 Å². The first-order chi connectivity index (χ1) is 17.2. The normalized spacial score (nSPS) is 26.2. The lowest BCUT2D eigenvalue weighted by Gasteiger charge is -2.29. The molecule has 8 heteroatoms. The Morgan fingerprint density at radius 3 is 2.61 bits per heavy atom. The zero-order valence-corrected chi connectivity index (χ0v) is 18.1. The summed E-state index contributed by atoms with van der Waals surface area (Å²) in [5.74, 6) is -2.18. The van der Waals surface area contributed by atoms with E-state index in [4.69, 9.17) is 13.6 Å². The maximum absolute atomic E-state index is 13.2. The summed E-state index contributed by atoms with van der Waals surface area (Å²) in [6.07, 6.45) is -0.444. The summed E-state index contributed by atoms with van der Waals surface area (Å²) in [7, 11) is 0. The molecule has 33 heavy (non-hydrogen) atoms. The van der Waals surface area contributed by atoms with Crippen molar-refractivity contribution in [2.24, 2.45) is 0 Å². The summed E-state index contributed by atoms with van der Waals surface area (Å²) in [5.41, 5.74) is 2.07. The molecule has 0 aromatic heterocycles. The number of nitrogens with zero attached hydrogens (tertiary/aromatic N) is 2. The number of fused-ring (bicyclic) bond motifs is 1. The van der Waals surface area contributed by atoms with Gasteiger partial charge in [-0.05, 0) is 29.7 Å². The number of morpholine rings is 1. The maximum Gasteiger partial charge on any atom is 0.255 e. The van der Waals surface area contributed by atoms with Crippen molar-refractivity contribution >= 4 is 17.7 Å². The monoisotopic (exact) mass is 452 g/mol. The standard InChI is InChI=1S/C25H27N3O5/c29-23-9-8-21(24(30)26-23)28-15-20-19(25(28)31)2-1-3-22(20)33-16-18-6-4-17(5-7-18)14-27-10-12-32-13-11-27/h1-7,21H,8-16H2,(H,26,29,30)/i15D2,21D.